The summed E-state index contributed by atoms with van der Waals surface area (Å²) < 4.78 is 5.36. The van der Waals surface area contributed by atoms with E-state index < -0.39 is 0 Å². The summed E-state index contributed by atoms with van der Waals surface area (Å²) in [4.78, 5) is 25.1. The third-order valence-electron chi connectivity index (χ3n) is 3.18. The number of carbonyl (C=O) groups is 2. The first-order chi connectivity index (χ1) is 10.1. The van der Waals surface area contributed by atoms with E-state index in [9.17, 15) is 9.59 Å². The second-order valence-corrected chi connectivity index (χ2v) is 4.99. The largest absolute Gasteiger partial charge is 0.476 e. The van der Waals surface area contributed by atoms with Crippen molar-refractivity contribution in [2.24, 2.45) is 0 Å². The van der Waals surface area contributed by atoms with Gasteiger partial charge in [0.05, 0.1) is 5.57 Å². The molecule has 2 rings (SSSR count). The van der Waals surface area contributed by atoms with Crippen molar-refractivity contribution in [2.45, 2.75) is 20.3 Å². The first kappa shape index (κ1) is 14.8. The Hall–Kier alpha value is -2.60. The van der Waals surface area contributed by atoms with Gasteiger partial charge in [0.15, 0.2) is 11.5 Å². The molecule has 0 radical (unpaired) electrons. The fourth-order valence-electron chi connectivity index (χ4n) is 2.16. The molecule has 0 saturated carbocycles. The van der Waals surface area contributed by atoms with E-state index in [0.717, 1.165) is 5.57 Å². The van der Waals surface area contributed by atoms with Crippen molar-refractivity contribution in [3.63, 3.8) is 0 Å². The highest BCUT2D eigenvalue weighted by molar-refractivity contribution is 6.26. The minimum Gasteiger partial charge on any atom is -0.476 e. The van der Waals surface area contributed by atoms with Crippen LogP contribution in [-0.4, -0.2) is 18.2 Å². The molecule has 1 aliphatic carbocycles. The van der Waals surface area contributed by atoms with Gasteiger partial charge >= 0.3 is 0 Å². The number of terminal acetylenes is 1. The lowest BCUT2D eigenvalue weighted by atomic mass is 9.86. The van der Waals surface area contributed by atoms with E-state index in [-0.39, 0.29) is 23.9 Å². The predicted octanol–water partition coefficient (Wildman–Crippen LogP) is 3.33. The van der Waals surface area contributed by atoms with Crippen LogP contribution in [0.5, 0.6) is 0 Å². The fourth-order valence-corrected chi connectivity index (χ4v) is 2.16. The van der Waals surface area contributed by atoms with Gasteiger partial charge in [-0.2, -0.15) is 0 Å². The Balaban J connectivity index is 2.52. The highest BCUT2D eigenvalue weighted by Crippen LogP contribution is 2.29. The van der Waals surface area contributed by atoms with E-state index in [2.05, 4.69) is 5.92 Å². The van der Waals surface area contributed by atoms with Gasteiger partial charge in [0, 0.05) is 11.1 Å². The summed E-state index contributed by atoms with van der Waals surface area (Å²) in [6.07, 6.45) is 7.44. The number of fused-ring (bicyclic) bond motifs is 1. The van der Waals surface area contributed by atoms with Crippen LogP contribution in [0.4, 0.5) is 0 Å². The summed E-state index contributed by atoms with van der Waals surface area (Å²) in [6.45, 7) is 3.84. The molecule has 0 aliphatic heterocycles. The van der Waals surface area contributed by atoms with E-state index in [1.54, 1.807) is 24.3 Å². The second kappa shape index (κ2) is 6.23. The lowest BCUT2D eigenvalue weighted by molar-refractivity contribution is 0.0890. The Labute approximate surface area is 124 Å². The maximum atomic E-state index is 12.6. The molecule has 1 aromatic rings. The Morgan fingerprint density at radius 2 is 1.81 bits per heavy atom. The van der Waals surface area contributed by atoms with Gasteiger partial charge in [0.25, 0.3) is 0 Å². The van der Waals surface area contributed by atoms with Crippen molar-refractivity contribution in [1.29, 1.82) is 0 Å². The van der Waals surface area contributed by atoms with Crippen LogP contribution >= 0.6 is 0 Å². The minimum atomic E-state index is -0.280. The molecule has 0 spiro atoms. The van der Waals surface area contributed by atoms with Crippen molar-refractivity contribution in [3.8, 4) is 12.3 Å². The van der Waals surface area contributed by atoms with Crippen molar-refractivity contribution in [1.82, 2.24) is 0 Å². The van der Waals surface area contributed by atoms with E-state index in [1.165, 1.54) is 0 Å². The topological polar surface area (TPSA) is 43.4 Å². The third kappa shape index (κ3) is 2.95. The number of carbonyl (C=O) groups excluding carboxylic acids is 2. The van der Waals surface area contributed by atoms with Gasteiger partial charge in [-0.1, -0.05) is 41.8 Å². The van der Waals surface area contributed by atoms with Crippen LogP contribution in [0.3, 0.4) is 0 Å². The van der Waals surface area contributed by atoms with Gasteiger partial charge in [-0.25, -0.2) is 0 Å². The normalized spacial score (nSPS) is 13.6. The molecule has 0 aromatic heterocycles. The number of benzene rings is 1. The quantitative estimate of drug-likeness (QED) is 0.627. The molecule has 0 unspecified atom stereocenters. The van der Waals surface area contributed by atoms with Gasteiger partial charge in [0.1, 0.15) is 6.61 Å². The smallest absolute Gasteiger partial charge is 0.228 e. The molecule has 0 fully saturated rings. The first-order valence-corrected chi connectivity index (χ1v) is 6.67. The summed E-state index contributed by atoms with van der Waals surface area (Å²) in [7, 11) is 0. The Bertz CT molecular complexity index is 695. The van der Waals surface area contributed by atoms with Crippen LogP contribution in [-0.2, 0) is 4.74 Å². The standard InChI is InChI=1S/C18H16O3/c1-4-11-21-18-15(10-9-12(2)3)16(19)13-7-5-6-8-14(13)17(18)20/h1,5-9H,10-11H2,2-3H3. The number of ketones is 2. The minimum absolute atomic E-state index is 0.0329. The number of rotatable bonds is 4. The molecular formula is C18H16O3. The van der Waals surface area contributed by atoms with Crippen molar-refractivity contribution < 1.29 is 14.3 Å². The summed E-state index contributed by atoms with van der Waals surface area (Å²) in [5.74, 6) is 1.95. The number of allylic oxidation sites excluding steroid dienone is 4. The van der Waals surface area contributed by atoms with Crippen LogP contribution < -0.4 is 0 Å². The Morgan fingerprint density at radius 3 is 2.38 bits per heavy atom. The van der Waals surface area contributed by atoms with Crippen molar-refractivity contribution in [3.05, 3.63) is 58.4 Å². The summed E-state index contributed by atoms with van der Waals surface area (Å²) in [5.41, 5.74) is 2.23. The van der Waals surface area contributed by atoms with Crippen LogP contribution in [0.15, 0.2) is 47.2 Å². The highest BCUT2D eigenvalue weighted by atomic mass is 16.5. The predicted molar refractivity (Wildman–Crippen MR) is 81.0 cm³/mol. The zero-order valence-electron chi connectivity index (χ0n) is 12.1. The lowest BCUT2D eigenvalue weighted by Crippen LogP contribution is -2.23. The fraction of sp³-hybridized carbons (Fsp3) is 0.222. The van der Waals surface area contributed by atoms with Gasteiger partial charge in [-0.15, -0.1) is 6.42 Å². The monoisotopic (exact) mass is 280 g/mol. The lowest BCUT2D eigenvalue weighted by Gasteiger charge is -2.20. The molecule has 0 atom stereocenters. The average Bonchev–Trinajstić information content (AvgIpc) is 2.48. The van der Waals surface area contributed by atoms with E-state index >= 15 is 0 Å². The van der Waals surface area contributed by atoms with Crippen molar-refractivity contribution in [2.75, 3.05) is 6.61 Å². The SMILES string of the molecule is C#CCOC1=C(CC=C(C)C)C(=O)c2ccccc2C1=O. The van der Waals surface area contributed by atoms with Gasteiger partial charge in [-0.05, 0) is 20.3 Å². The van der Waals surface area contributed by atoms with Gasteiger partial charge in [-0.3, -0.25) is 9.59 Å². The zero-order valence-corrected chi connectivity index (χ0v) is 12.1. The molecular weight excluding hydrogens is 264 g/mol. The average molecular weight is 280 g/mol. The third-order valence-corrected chi connectivity index (χ3v) is 3.18. The van der Waals surface area contributed by atoms with Crippen LogP contribution in [0.2, 0.25) is 0 Å². The molecule has 106 valence electrons. The molecule has 1 aromatic carbocycles. The second-order valence-electron chi connectivity index (χ2n) is 4.99. The molecule has 0 amide bonds. The first-order valence-electron chi connectivity index (χ1n) is 6.67. The van der Waals surface area contributed by atoms with Crippen molar-refractivity contribution >= 4 is 11.6 Å². The molecule has 3 heteroatoms. The van der Waals surface area contributed by atoms with Crippen LogP contribution in [0, 0.1) is 12.3 Å². The summed E-state index contributed by atoms with van der Waals surface area (Å²) in [6, 6.07) is 6.77. The maximum Gasteiger partial charge on any atom is 0.228 e. The number of hydrogen-bond donors (Lipinski definition) is 0. The van der Waals surface area contributed by atoms with Crippen LogP contribution in [0.1, 0.15) is 41.0 Å². The molecule has 0 N–H and O–H groups in total. The Kier molecular flexibility index (Phi) is 4.39. The molecule has 0 saturated heterocycles. The van der Waals surface area contributed by atoms with Gasteiger partial charge in [0.2, 0.25) is 5.78 Å². The molecule has 0 heterocycles. The molecule has 3 nitrogen and oxygen atoms in total. The number of ether oxygens (including phenoxy) is 1. The number of hydrogen-bond acceptors (Lipinski definition) is 3. The van der Waals surface area contributed by atoms with Crippen LogP contribution in [0.25, 0.3) is 0 Å². The Morgan fingerprint density at radius 1 is 1.19 bits per heavy atom. The van der Waals surface area contributed by atoms with E-state index in [1.807, 2.05) is 19.9 Å². The molecule has 0 bridgehead atoms. The number of Topliss-reactive ketones (excluding diaryl/α,β-unsaturated/α-hetero) is 2. The summed E-state index contributed by atoms with van der Waals surface area (Å²) in [5, 5.41) is 0. The zero-order chi connectivity index (χ0) is 15.4. The molecule has 21 heavy (non-hydrogen) atoms. The van der Waals surface area contributed by atoms with E-state index in [0.29, 0.717) is 23.1 Å². The van der Waals surface area contributed by atoms with Gasteiger partial charge < -0.3 is 4.74 Å². The summed E-state index contributed by atoms with van der Waals surface area (Å²) >= 11 is 0. The highest BCUT2D eigenvalue weighted by Gasteiger charge is 2.32. The van der Waals surface area contributed by atoms with E-state index in [4.69, 9.17) is 11.2 Å². The maximum absolute atomic E-state index is 12.6. The molecule has 1 aliphatic rings.